The van der Waals surface area contributed by atoms with E-state index in [0.717, 1.165) is 36.5 Å². The van der Waals surface area contributed by atoms with E-state index >= 15 is 0 Å². The molecule has 32 heavy (non-hydrogen) atoms. The van der Waals surface area contributed by atoms with E-state index in [1.54, 1.807) is 12.3 Å². The molecule has 1 saturated heterocycles. The largest absolute Gasteiger partial charge is 0.378 e. The van der Waals surface area contributed by atoms with Crippen LogP contribution in [0.2, 0.25) is 0 Å². The molecule has 0 atom stereocenters. The SMILES string of the molecule is Fc1cnc(Nc2ccc(N3CCOCC3)nc2)cc1-n1cnc(Nc2ccccc2)n1. The molecule has 4 heterocycles. The van der Waals surface area contributed by atoms with Crippen molar-refractivity contribution in [2.45, 2.75) is 0 Å². The number of nitrogens with one attached hydrogen (secondary N) is 2. The van der Waals surface area contributed by atoms with Crippen molar-refractivity contribution in [1.82, 2.24) is 24.7 Å². The van der Waals surface area contributed by atoms with Gasteiger partial charge in [-0.2, -0.15) is 4.98 Å². The zero-order chi connectivity index (χ0) is 21.8. The third-order valence-corrected chi connectivity index (χ3v) is 4.96. The van der Waals surface area contributed by atoms with E-state index in [9.17, 15) is 4.39 Å². The first-order valence-corrected chi connectivity index (χ1v) is 10.2. The van der Waals surface area contributed by atoms with Crippen LogP contribution in [0.3, 0.4) is 0 Å². The molecule has 0 aliphatic carbocycles. The molecule has 0 bridgehead atoms. The Bertz CT molecular complexity index is 1180. The zero-order valence-corrected chi connectivity index (χ0v) is 17.1. The fourth-order valence-electron chi connectivity index (χ4n) is 3.35. The van der Waals surface area contributed by atoms with Crippen molar-refractivity contribution >= 4 is 29.0 Å². The highest BCUT2D eigenvalue weighted by molar-refractivity contribution is 5.59. The van der Waals surface area contributed by atoms with Crippen LogP contribution >= 0.6 is 0 Å². The third-order valence-electron chi connectivity index (χ3n) is 4.96. The Kier molecular flexibility index (Phi) is 5.58. The molecule has 0 unspecified atom stereocenters. The fraction of sp³-hybridized carbons (Fsp3) is 0.182. The molecule has 9 nitrogen and oxygen atoms in total. The van der Waals surface area contributed by atoms with E-state index in [0.29, 0.717) is 25.0 Å². The van der Waals surface area contributed by atoms with Gasteiger partial charge in [0.15, 0.2) is 5.82 Å². The minimum absolute atomic E-state index is 0.231. The first-order valence-electron chi connectivity index (χ1n) is 10.2. The second kappa shape index (κ2) is 8.98. The number of rotatable bonds is 6. The molecule has 1 aliphatic rings. The Hall–Kier alpha value is -4.05. The van der Waals surface area contributed by atoms with E-state index in [1.807, 2.05) is 42.5 Å². The summed E-state index contributed by atoms with van der Waals surface area (Å²) in [6, 6.07) is 15.0. The van der Waals surface area contributed by atoms with E-state index < -0.39 is 5.82 Å². The predicted molar refractivity (Wildman–Crippen MR) is 119 cm³/mol. The van der Waals surface area contributed by atoms with Gasteiger partial charge in [0.25, 0.3) is 0 Å². The summed E-state index contributed by atoms with van der Waals surface area (Å²) in [4.78, 5) is 15.0. The number of para-hydroxylation sites is 1. The average molecular weight is 432 g/mol. The summed E-state index contributed by atoms with van der Waals surface area (Å²) >= 11 is 0. The van der Waals surface area contributed by atoms with Crippen LogP contribution in [0.5, 0.6) is 0 Å². The van der Waals surface area contributed by atoms with Crippen LogP contribution in [-0.2, 0) is 4.74 Å². The number of anilines is 5. The Morgan fingerprint density at radius 2 is 1.72 bits per heavy atom. The maximum Gasteiger partial charge on any atom is 0.246 e. The van der Waals surface area contributed by atoms with Gasteiger partial charge in [0.05, 0.1) is 31.3 Å². The summed E-state index contributed by atoms with van der Waals surface area (Å²) in [5.41, 5.74) is 1.82. The van der Waals surface area contributed by atoms with Crippen LogP contribution in [0.4, 0.5) is 33.3 Å². The van der Waals surface area contributed by atoms with Crippen molar-refractivity contribution in [1.29, 1.82) is 0 Å². The van der Waals surface area contributed by atoms with Gasteiger partial charge >= 0.3 is 0 Å². The lowest BCUT2D eigenvalue weighted by Crippen LogP contribution is -2.36. The smallest absolute Gasteiger partial charge is 0.246 e. The van der Waals surface area contributed by atoms with Gasteiger partial charge in [-0.05, 0) is 24.3 Å². The number of morpholine rings is 1. The number of ether oxygens (including phenoxy) is 1. The molecule has 0 amide bonds. The molecular weight excluding hydrogens is 411 g/mol. The predicted octanol–water partition coefficient (Wildman–Crippen LogP) is 3.52. The van der Waals surface area contributed by atoms with Gasteiger partial charge in [0, 0.05) is 24.8 Å². The van der Waals surface area contributed by atoms with Crippen LogP contribution in [0.15, 0.2) is 67.3 Å². The Labute approximate surface area is 183 Å². The third kappa shape index (κ3) is 4.49. The van der Waals surface area contributed by atoms with Crippen LogP contribution < -0.4 is 15.5 Å². The van der Waals surface area contributed by atoms with E-state index in [-0.39, 0.29) is 5.69 Å². The monoisotopic (exact) mass is 432 g/mol. The summed E-state index contributed by atoms with van der Waals surface area (Å²) < 4.78 is 21.2. The molecule has 162 valence electrons. The number of aromatic nitrogens is 5. The Balaban J connectivity index is 1.31. The summed E-state index contributed by atoms with van der Waals surface area (Å²) in [7, 11) is 0. The topological polar surface area (TPSA) is 93.0 Å². The summed E-state index contributed by atoms with van der Waals surface area (Å²) in [6.45, 7) is 3.05. The molecule has 0 saturated carbocycles. The number of halogens is 1. The number of nitrogens with zero attached hydrogens (tertiary/aromatic N) is 6. The molecule has 5 rings (SSSR count). The minimum atomic E-state index is -0.507. The van der Waals surface area contributed by atoms with E-state index in [1.165, 1.54) is 11.0 Å². The number of pyridine rings is 2. The Morgan fingerprint density at radius 3 is 2.50 bits per heavy atom. The van der Waals surface area contributed by atoms with Crippen molar-refractivity contribution in [3.05, 3.63) is 73.1 Å². The zero-order valence-electron chi connectivity index (χ0n) is 17.1. The van der Waals surface area contributed by atoms with Crippen LogP contribution in [0, 0.1) is 5.82 Å². The first kappa shape index (κ1) is 19.9. The molecule has 1 aliphatic heterocycles. The highest BCUT2D eigenvalue weighted by atomic mass is 19.1. The molecular formula is C22H21FN8O. The fourth-order valence-corrected chi connectivity index (χ4v) is 3.35. The maximum atomic E-state index is 14.5. The number of benzene rings is 1. The second-order valence-electron chi connectivity index (χ2n) is 7.15. The molecule has 0 spiro atoms. The van der Waals surface area contributed by atoms with Crippen molar-refractivity contribution < 1.29 is 9.13 Å². The molecule has 1 fully saturated rings. The summed E-state index contributed by atoms with van der Waals surface area (Å²) in [6.07, 6.45) is 4.33. The van der Waals surface area contributed by atoms with Gasteiger partial charge < -0.3 is 20.3 Å². The van der Waals surface area contributed by atoms with Crippen LogP contribution in [0.1, 0.15) is 0 Å². The lowest BCUT2D eigenvalue weighted by atomic mass is 10.3. The van der Waals surface area contributed by atoms with Crippen LogP contribution in [-0.4, -0.2) is 51.0 Å². The number of hydrogen-bond donors (Lipinski definition) is 2. The highest BCUT2D eigenvalue weighted by Gasteiger charge is 2.13. The molecule has 0 radical (unpaired) electrons. The van der Waals surface area contributed by atoms with Gasteiger partial charge in [-0.25, -0.2) is 19.0 Å². The standard InChI is InChI=1S/C22H21FN8O/c23-18-14-24-20(27-17-6-7-21(25-13-17)30-8-10-32-11-9-30)12-19(18)31-15-26-22(29-31)28-16-4-2-1-3-5-16/h1-7,12-15H,8-11H2,(H,24,27)(H,28,29). The van der Waals surface area contributed by atoms with Gasteiger partial charge in [0.2, 0.25) is 5.95 Å². The normalized spacial score (nSPS) is 13.7. The first-order chi connectivity index (χ1) is 15.7. The second-order valence-corrected chi connectivity index (χ2v) is 7.15. The minimum Gasteiger partial charge on any atom is -0.378 e. The summed E-state index contributed by atoms with van der Waals surface area (Å²) in [5.74, 6) is 1.22. The van der Waals surface area contributed by atoms with Crippen LogP contribution in [0.25, 0.3) is 5.69 Å². The van der Waals surface area contributed by atoms with Gasteiger partial charge in [-0.1, -0.05) is 18.2 Å². The van der Waals surface area contributed by atoms with Crippen molar-refractivity contribution in [3.8, 4) is 5.69 Å². The van der Waals surface area contributed by atoms with E-state index in [2.05, 4.69) is 35.6 Å². The van der Waals surface area contributed by atoms with Crippen molar-refractivity contribution in [2.75, 3.05) is 41.8 Å². The van der Waals surface area contributed by atoms with Gasteiger partial charge in [-0.15, -0.1) is 5.10 Å². The van der Waals surface area contributed by atoms with Gasteiger partial charge in [0.1, 0.15) is 23.7 Å². The maximum absolute atomic E-state index is 14.5. The lowest BCUT2D eigenvalue weighted by molar-refractivity contribution is 0.122. The molecule has 3 aromatic heterocycles. The molecule has 1 aromatic carbocycles. The molecule has 10 heteroatoms. The Morgan fingerprint density at radius 1 is 0.875 bits per heavy atom. The quantitative estimate of drug-likeness (QED) is 0.478. The molecule has 2 N–H and O–H groups in total. The lowest BCUT2D eigenvalue weighted by Gasteiger charge is -2.27. The average Bonchev–Trinajstić information content (AvgIpc) is 3.30. The summed E-state index contributed by atoms with van der Waals surface area (Å²) in [5, 5.41) is 10.6. The van der Waals surface area contributed by atoms with Crippen molar-refractivity contribution in [3.63, 3.8) is 0 Å². The van der Waals surface area contributed by atoms with Gasteiger partial charge in [-0.3, -0.25) is 0 Å². The number of hydrogen-bond acceptors (Lipinski definition) is 8. The molecule has 4 aromatic rings. The van der Waals surface area contributed by atoms with E-state index in [4.69, 9.17) is 4.74 Å². The highest BCUT2D eigenvalue weighted by Crippen LogP contribution is 2.22. The van der Waals surface area contributed by atoms with Crippen molar-refractivity contribution in [2.24, 2.45) is 0 Å².